The Labute approximate surface area is 124 Å². The molecule has 2 unspecified atom stereocenters. The van der Waals surface area contributed by atoms with Gasteiger partial charge >= 0.3 is 0 Å². The second-order valence-corrected chi connectivity index (χ2v) is 5.86. The topological polar surface area (TPSA) is 46.3 Å². The third-order valence-electron chi connectivity index (χ3n) is 4.01. The van der Waals surface area contributed by atoms with Crippen LogP contribution in [0.3, 0.4) is 0 Å². The van der Waals surface area contributed by atoms with Gasteiger partial charge in [0.1, 0.15) is 0 Å². The van der Waals surface area contributed by atoms with Crippen molar-refractivity contribution in [3.8, 4) is 0 Å². The van der Waals surface area contributed by atoms with E-state index in [2.05, 4.69) is 0 Å². The fraction of sp³-hybridized carbons (Fsp3) is 0.562. The van der Waals surface area contributed by atoms with Gasteiger partial charge in [-0.2, -0.15) is 0 Å². The first-order valence-corrected chi connectivity index (χ1v) is 7.36. The molecule has 1 amide bonds. The number of nitrogens with zero attached hydrogens (tertiary/aromatic N) is 1. The first-order chi connectivity index (χ1) is 9.91. The molecule has 0 radical (unpaired) electrons. The molecule has 0 spiro atoms. The number of likely N-dealkylation sites (tertiary alicyclic amines) is 1. The number of hydrogen-bond acceptors (Lipinski definition) is 2. The van der Waals surface area contributed by atoms with Gasteiger partial charge in [0, 0.05) is 24.1 Å². The van der Waals surface area contributed by atoms with E-state index in [4.69, 9.17) is 5.73 Å². The Bertz CT molecular complexity index is 488. The SMILES string of the molecule is CC(C)N1C(=O)CCCC(N)C1c1ccc(C(F)F)cc1. The van der Waals surface area contributed by atoms with Crippen molar-refractivity contribution in [1.29, 1.82) is 0 Å². The fourth-order valence-corrected chi connectivity index (χ4v) is 2.99. The molecule has 0 saturated carbocycles. The zero-order chi connectivity index (χ0) is 15.6. The Morgan fingerprint density at radius 2 is 1.86 bits per heavy atom. The lowest BCUT2D eigenvalue weighted by atomic mass is 9.94. The minimum Gasteiger partial charge on any atom is -0.332 e. The first kappa shape index (κ1) is 15.9. The monoisotopic (exact) mass is 296 g/mol. The molecule has 1 fully saturated rings. The molecule has 1 heterocycles. The van der Waals surface area contributed by atoms with Crippen LogP contribution in [0.2, 0.25) is 0 Å². The predicted molar refractivity (Wildman–Crippen MR) is 77.9 cm³/mol. The van der Waals surface area contributed by atoms with Crippen molar-refractivity contribution in [2.24, 2.45) is 5.73 Å². The molecule has 2 N–H and O–H groups in total. The molecule has 1 aliphatic rings. The minimum absolute atomic E-state index is 0.0108. The van der Waals surface area contributed by atoms with Crippen LogP contribution in [0, 0.1) is 0 Å². The van der Waals surface area contributed by atoms with Gasteiger partial charge in [-0.3, -0.25) is 4.79 Å². The quantitative estimate of drug-likeness (QED) is 0.929. The Balaban J connectivity index is 2.37. The highest BCUT2D eigenvalue weighted by Crippen LogP contribution is 2.32. The maximum atomic E-state index is 12.7. The van der Waals surface area contributed by atoms with Gasteiger partial charge in [0.05, 0.1) is 6.04 Å². The van der Waals surface area contributed by atoms with E-state index >= 15 is 0 Å². The molecule has 5 heteroatoms. The highest BCUT2D eigenvalue weighted by Gasteiger charge is 2.34. The Morgan fingerprint density at radius 1 is 1.24 bits per heavy atom. The summed E-state index contributed by atoms with van der Waals surface area (Å²) in [7, 11) is 0. The standard InChI is InChI=1S/C16H22F2N2O/c1-10(2)20-14(21)5-3-4-13(19)15(20)11-6-8-12(9-7-11)16(17)18/h6-10,13,15-16H,3-5,19H2,1-2H3. The lowest BCUT2D eigenvalue weighted by Crippen LogP contribution is -2.45. The van der Waals surface area contributed by atoms with E-state index in [0.717, 1.165) is 18.4 Å². The molecule has 21 heavy (non-hydrogen) atoms. The van der Waals surface area contributed by atoms with Gasteiger partial charge in [-0.15, -0.1) is 0 Å². The van der Waals surface area contributed by atoms with Crippen molar-refractivity contribution in [2.45, 2.75) is 57.7 Å². The van der Waals surface area contributed by atoms with Gasteiger partial charge in [-0.05, 0) is 32.3 Å². The van der Waals surface area contributed by atoms with Crippen LogP contribution in [0.25, 0.3) is 0 Å². The van der Waals surface area contributed by atoms with Crippen LogP contribution in [-0.4, -0.2) is 22.9 Å². The molecule has 1 aromatic rings. The lowest BCUT2D eigenvalue weighted by Gasteiger charge is -2.37. The number of nitrogens with two attached hydrogens (primary N) is 1. The summed E-state index contributed by atoms with van der Waals surface area (Å²) in [6.07, 6.45) is -0.451. The van der Waals surface area contributed by atoms with E-state index in [1.54, 1.807) is 17.0 Å². The van der Waals surface area contributed by atoms with Gasteiger partial charge in [0.2, 0.25) is 5.91 Å². The van der Waals surface area contributed by atoms with Gasteiger partial charge in [-0.1, -0.05) is 24.3 Å². The summed E-state index contributed by atoms with van der Waals surface area (Å²) in [4.78, 5) is 14.1. The summed E-state index contributed by atoms with van der Waals surface area (Å²) in [5, 5.41) is 0. The number of halogens is 2. The normalized spacial score (nSPS) is 23.8. The molecule has 1 aliphatic heterocycles. The molecule has 0 bridgehead atoms. The van der Waals surface area contributed by atoms with Crippen molar-refractivity contribution in [1.82, 2.24) is 4.90 Å². The highest BCUT2D eigenvalue weighted by molar-refractivity contribution is 5.77. The molecule has 3 nitrogen and oxygen atoms in total. The van der Waals surface area contributed by atoms with E-state index in [1.807, 2.05) is 13.8 Å². The first-order valence-electron chi connectivity index (χ1n) is 7.36. The number of amides is 1. The van der Waals surface area contributed by atoms with Crippen LogP contribution in [0.15, 0.2) is 24.3 Å². The van der Waals surface area contributed by atoms with Gasteiger partial charge in [-0.25, -0.2) is 8.78 Å². The lowest BCUT2D eigenvalue weighted by molar-refractivity contribution is -0.135. The van der Waals surface area contributed by atoms with E-state index in [0.29, 0.717) is 6.42 Å². The van der Waals surface area contributed by atoms with Crippen LogP contribution >= 0.6 is 0 Å². The zero-order valence-corrected chi connectivity index (χ0v) is 12.4. The number of carbonyl (C=O) groups excluding carboxylic acids is 1. The van der Waals surface area contributed by atoms with Gasteiger partial charge < -0.3 is 10.6 Å². The molecular formula is C16H22F2N2O. The second-order valence-electron chi connectivity index (χ2n) is 5.86. The van der Waals surface area contributed by atoms with Crippen LogP contribution in [0.1, 0.15) is 56.7 Å². The average molecular weight is 296 g/mol. The number of benzene rings is 1. The molecule has 0 aliphatic carbocycles. The Kier molecular flexibility index (Phi) is 4.93. The summed E-state index contributed by atoms with van der Waals surface area (Å²) < 4.78 is 25.3. The van der Waals surface area contributed by atoms with Crippen molar-refractivity contribution in [2.75, 3.05) is 0 Å². The molecule has 116 valence electrons. The summed E-state index contributed by atoms with van der Waals surface area (Å²) >= 11 is 0. The Morgan fingerprint density at radius 3 is 2.38 bits per heavy atom. The third-order valence-corrected chi connectivity index (χ3v) is 4.01. The van der Waals surface area contributed by atoms with E-state index in [1.165, 1.54) is 12.1 Å². The summed E-state index contributed by atoms with van der Waals surface area (Å²) in [6.45, 7) is 3.91. The molecule has 1 aromatic carbocycles. The van der Waals surface area contributed by atoms with Crippen LogP contribution in [0.5, 0.6) is 0 Å². The maximum absolute atomic E-state index is 12.7. The summed E-state index contributed by atoms with van der Waals surface area (Å²) in [5.41, 5.74) is 7.08. The number of carbonyl (C=O) groups is 1. The fourth-order valence-electron chi connectivity index (χ4n) is 2.99. The van der Waals surface area contributed by atoms with Crippen molar-refractivity contribution >= 4 is 5.91 Å². The number of alkyl halides is 2. The summed E-state index contributed by atoms with van der Waals surface area (Å²) in [5.74, 6) is 0.0842. The predicted octanol–water partition coefficient (Wildman–Crippen LogP) is 3.41. The Hall–Kier alpha value is -1.49. The molecule has 2 rings (SSSR count). The third kappa shape index (κ3) is 3.40. The van der Waals surface area contributed by atoms with Gasteiger partial charge in [0.25, 0.3) is 6.43 Å². The second kappa shape index (κ2) is 6.52. The number of rotatable bonds is 3. The molecule has 0 aromatic heterocycles. The smallest absolute Gasteiger partial charge is 0.263 e. The van der Waals surface area contributed by atoms with E-state index < -0.39 is 6.43 Å². The summed E-state index contributed by atoms with van der Waals surface area (Å²) in [6, 6.07) is 5.78. The molecule has 2 atom stereocenters. The molecule has 1 saturated heterocycles. The van der Waals surface area contributed by atoms with E-state index in [9.17, 15) is 13.6 Å². The maximum Gasteiger partial charge on any atom is 0.263 e. The highest BCUT2D eigenvalue weighted by atomic mass is 19.3. The average Bonchev–Trinajstić information content (AvgIpc) is 2.57. The van der Waals surface area contributed by atoms with E-state index in [-0.39, 0.29) is 29.6 Å². The van der Waals surface area contributed by atoms with Crippen LogP contribution < -0.4 is 5.73 Å². The van der Waals surface area contributed by atoms with Crippen molar-refractivity contribution in [3.05, 3.63) is 35.4 Å². The largest absolute Gasteiger partial charge is 0.332 e. The van der Waals surface area contributed by atoms with Crippen molar-refractivity contribution in [3.63, 3.8) is 0 Å². The van der Waals surface area contributed by atoms with Crippen LogP contribution in [-0.2, 0) is 4.79 Å². The van der Waals surface area contributed by atoms with Gasteiger partial charge in [0.15, 0.2) is 0 Å². The minimum atomic E-state index is -2.48. The number of hydrogen-bond donors (Lipinski definition) is 1. The van der Waals surface area contributed by atoms with Crippen LogP contribution in [0.4, 0.5) is 8.78 Å². The zero-order valence-electron chi connectivity index (χ0n) is 12.4. The van der Waals surface area contributed by atoms with Crippen molar-refractivity contribution < 1.29 is 13.6 Å². The molecular weight excluding hydrogens is 274 g/mol.